The summed E-state index contributed by atoms with van der Waals surface area (Å²) in [5.41, 5.74) is 9.56. The van der Waals surface area contributed by atoms with Crippen LogP contribution in [0.4, 0.5) is 5.69 Å². The molecule has 0 spiro atoms. The fraction of sp³-hybridized carbons (Fsp3) is 0.125. The minimum absolute atomic E-state index is 0.206. The van der Waals surface area contributed by atoms with Gasteiger partial charge in [0.2, 0.25) is 0 Å². The number of hydrogen-bond acceptors (Lipinski definition) is 5. The monoisotopic (exact) mass is 333 g/mol. The number of anilines is 1. The minimum atomic E-state index is -0.551. The summed E-state index contributed by atoms with van der Waals surface area (Å²) in [5, 5.41) is 4.80. The Bertz CT molecular complexity index is 702. The molecular formula is C16H16ClN3O3. The van der Waals surface area contributed by atoms with Crippen LogP contribution in [0.25, 0.3) is 0 Å². The molecule has 0 aliphatic heterocycles. The summed E-state index contributed by atoms with van der Waals surface area (Å²) in [6, 6.07) is 12.4. The predicted octanol–water partition coefficient (Wildman–Crippen LogP) is 2.66. The van der Waals surface area contributed by atoms with Crippen molar-refractivity contribution in [2.24, 2.45) is 10.8 Å². The third kappa shape index (κ3) is 5.19. The van der Waals surface area contributed by atoms with Gasteiger partial charge in [-0.15, -0.1) is 0 Å². The van der Waals surface area contributed by atoms with Crippen molar-refractivity contribution in [2.75, 3.05) is 19.1 Å². The van der Waals surface area contributed by atoms with Gasteiger partial charge in [-0.3, -0.25) is 10.2 Å². The number of primary amides is 1. The molecule has 0 bridgehead atoms. The minimum Gasteiger partial charge on any atom is -0.493 e. The summed E-state index contributed by atoms with van der Waals surface area (Å²) < 4.78 is 10.5. The average Bonchev–Trinajstić information content (AvgIpc) is 2.55. The quantitative estimate of drug-likeness (QED) is 0.602. The van der Waals surface area contributed by atoms with Gasteiger partial charge in [-0.05, 0) is 48.0 Å². The van der Waals surface area contributed by atoms with E-state index in [4.69, 9.17) is 26.8 Å². The Hall–Kier alpha value is -2.73. The van der Waals surface area contributed by atoms with Gasteiger partial charge >= 0.3 is 0 Å². The molecule has 0 saturated heterocycles. The molecule has 0 aromatic heterocycles. The number of amides is 1. The van der Waals surface area contributed by atoms with Crippen molar-refractivity contribution in [1.29, 1.82) is 0 Å². The molecule has 0 unspecified atom stereocenters. The largest absolute Gasteiger partial charge is 0.493 e. The van der Waals surface area contributed by atoms with Crippen LogP contribution < -0.4 is 20.6 Å². The van der Waals surface area contributed by atoms with Gasteiger partial charge in [-0.25, -0.2) is 0 Å². The van der Waals surface area contributed by atoms with Gasteiger partial charge in [0.25, 0.3) is 5.91 Å². The van der Waals surface area contributed by atoms with Crippen LogP contribution in [0.3, 0.4) is 0 Å². The molecule has 0 fully saturated rings. The van der Waals surface area contributed by atoms with E-state index >= 15 is 0 Å². The number of nitrogens with two attached hydrogens (primary N) is 1. The zero-order valence-corrected chi connectivity index (χ0v) is 13.2. The lowest BCUT2D eigenvalue weighted by Gasteiger charge is -2.09. The fourth-order valence-corrected chi connectivity index (χ4v) is 1.86. The highest BCUT2D eigenvalue weighted by Crippen LogP contribution is 2.27. The Labute approximate surface area is 138 Å². The maximum Gasteiger partial charge on any atom is 0.255 e. The van der Waals surface area contributed by atoms with E-state index < -0.39 is 5.91 Å². The first-order valence-electron chi connectivity index (χ1n) is 6.72. The number of nitrogens with zero attached hydrogens (tertiary/aromatic N) is 1. The molecule has 0 aliphatic rings. The van der Waals surface area contributed by atoms with Gasteiger partial charge in [0, 0.05) is 5.02 Å². The Morgan fingerprint density at radius 3 is 2.65 bits per heavy atom. The summed E-state index contributed by atoms with van der Waals surface area (Å²) in [7, 11) is 1.51. The zero-order chi connectivity index (χ0) is 16.7. The Balaban J connectivity index is 2.03. The van der Waals surface area contributed by atoms with Crippen molar-refractivity contribution < 1.29 is 14.3 Å². The number of hydrazone groups is 1. The van der Waals surface area contributed by atoms with Gasteiger partial charge in [-0.2, -0.15) is 5.10 Å². The number of ether oxygens (including phenoxy) is 2. The van der Waals surface area contributed by atoms with Crippen molar-refractivity contribution in [3.63, 3.8) is 0 Å². The summed E-state index contributed by atoms with van der Waals surface area (Å²) in [4.78, 5) is 10.8. The van der Waals surface area contributed by atoms with Crippen molar-refractivity contribution >= 4 is 29.4 Å². The number of rotatable bonds is 7. The maximum atomic E-state index is 10.8. The molecule has 3 N–H and O–H groups in total. The molecule has 2 rings (SSSR count). The van der Waals surface area contributed by atoms with E-state index in [1.165, 1.54) is 7.11 Å². The number of carbonyl (C=O) groups is 1. The molecule has 120 valence electrons. The first-order valence-corrected chi connectivity index (χ1v) is 7.10. The second kappa shape index (κ2) is 8.05. The summed E-state index contributed by atoms with van der Waals surface area (Å²) in [5.74, 6) is 0.376. The van der Waals surface area contributed by atoms with Crippen molar-refractivity contribution in [1.82, 2.24) is 0 Å². The molecule has 0 heterocycles. The molecule has 0 radical (unpaired) electrons. The van der Waals surface area contributed by atoms with Crippen molar-refractivity contribution in [3.05, 3.63) is 53.1 Å². The lowest BCUT2D eigenvalue weighted by atomic mass is 10.2. The predicted molar refractivity (Wildman–Crippen MR) is 90.4 cm³/mol. The molecule has 2 aromatic carbocycles. The second-order valence-corrected chi connectivity index (χ2v) is 4.98. The van der Waals surface area contributed by atoms with Crippen LogP contribution in [-0.2, 0) is 4.79 Å². The molecular weight excluding hydrogens is 318 g/mol. The van der Waals surface area contributed by atoms with Crippen LogP contribution in [0.2, 0.25) is 5.02 Å². The lowest BCUT2D eigenvalue weighted by Crippen LogP contribution is -2.20. The Morgan fingerprint density at radius 2 is 2.00 bits per heavy atom. The van der Waals surface area contributed by atoms with Crippen LogP contribution in [0.15, 0.2) is 47.6 Å². The molecule has 0 saturated carbocycles. The van der Waals surface area contributed by atoms with Crippen molar-refractivity contribution in [3.8, 4) is 11.5 Å². The number of carbonyl (C=O) groups excluding carboxylic acids is 1. The summed E-state index contributed by atoms with van der Waals surface area (Å²) >= 11 is 5.81. The average molecular weight is 334 g/mol. The fourth-order valence-electron chi connectivity index (χ4n) is 1.74. The van der Waals surface area contributed by atoms with Gasteiger partial charge < -0.3 is 15.2 Å². The third-order valence-electron chi connectivity index (χ3n) is 2.81. The van der Waals surface area contributed by atoms with E-state index in [9.17, 15) is 4.79 Å². The van der Waals surface area contributed by atoms with Crippen LogP contribution in [0.1, 0.15) is 5.56 Å². The first kappa shape index (κ1) is 16.6. The van der Waals surface area contributed by atoms with Gasteiger partial charge in [0.15, 0.2) is 18.1 Å². The Kier molecular flexibility index (Phi) is 5.82. The summed E-state index contributed by atoms with van der Waals surface area (Å²) in [6.45, 7) is -0.206. The molecule has 6 nitrogen and oxygen atoms in total. The number of nitrogens with one attached hydrogen (secondary N) is 1. The number of methoxy groups -OCH3 is 1. The third-order valence-corrected chi connectivity index (χ3v) is 3.06. The number of hydrogen-bond donors (Lipinski definition) is 2. The second-order valence-electron chi connectivity index (χ2n) is 4.54. The van der Waals surface area contributed by atoms with Gasteiger partial charge in [0.05, 0.1) is 19.0 Å². The molecule has 1 amide bonds. The molecule has 2 aromatic rings. The van der Waals surface area contributed by atoms with Crippen LogP contribution in [0.5, 0.6) is 11.5 Å². The molecule has 0 aliphatic carbocycles. The van der Waals surface area contributed by atoms with Gasteiger partial charge in [-0.1, -0.05) is 11.6 Å². The molecule has 7 heteroatoms. The zero-order valence-electron chi connectivity index (χ0n) is 12.5. The highest BCUT2D eigenvalue weighted by Gasteiger charge is 2.06. The van der Waals surface area contributed by atoms with E-state index in [1.54, 1.807) is 36.5 Å². The molecule has 23 heavy (non-hydrogen) atoms. The first-order chi connectivity index (χ1) is 11.1. The van der Waals surface area contributed by atoms with Crippen LogP contribution in [0, 0.1) is 0 Å². The molecule has 0 atom stereocenters. The van der Waals surface area contributed by atoms with Crippen molar-refractivity contribution in [2.45, 2.75) is 0 Å². The van der Waals surface area contributed by atoms with Gasteiger partial charge in [0.1, 0.15) is 0 Å². The number of benzene rings is 2. The van der Waals surface area contributed by atoms with E-state index in [0.717, 1.165) is 11.3 Å². The summed E-state index contributed by atoms with van der Waals surface area (Å²) in [6.07, 6.45) is 1.63. The highest BCUT2D eigenvalue weighted by molar-refractivity contribution is 6.30. The van der Waals surface area contributed by atoms with Crippen LogP contribution >= 0.6 is 11.6 Å². The SMILES string of the molecule is COc1cc(/C=N/Nc2ccc(Cl)cc2)ccc1OCC(N)=O. The van der Waals surface area contributed by atoms with E-state index in [-0.39, 0.29) is 6.61 Å². The normalized spacial score (nSPS) is 10.5. The lowest BCUT2D eigenvalue weighted by molar-refractivity contribution is -0.119. The topological polar surface area (TPSA) is 85.9 Å². The van der Waals surface area contributed by atoms with Crippen LogP contribution in [-0.4, -0.2) is 25.8 Å². The van der Waals surface area contributed by atoms with E-state index in [0.29, 0.717) is 16.5 Å². The van der Waals surface area contributed by atoms with E-state index in [1.807, 2.05) is 12.1 Å². The standard InChI is InChI=1S/C16H16ClN3O3/c1-22-15-8-11(2-7-14(15)23-10-16(18)21)9-19-20-13-5-3-12(17)4-6-13/h2-9,20H,10H2,1H3,(H2,18,21)/b19-9+. The number of halogens is 1. The van der Waals surface area contributed by atoms with E-state index in [2.05, 4.69) is 10.5 Å². The maximum absolute atomic E-state index is 10.8. The highest BCUT2D eigenvalue weighted by atomic mass is 35.5. The smallest absolute Gasteiger partial charge is 0.255 e. The Morgan fingerprint density at radius 1 is 1.26 bits per heavy atom.